The number of anilines is 1. The Morgan fingerprint density at radius 3 is 2.76 bits per heavy atom. The fourth-order valence-electron chi connectivity index (χ4n) is 2.10. The molecule has 21 heavy (non-hydrogen) atoms. The molecule has 0 atom stereocenters. The zero-order chi connectivity index (χ0) is 15.1. The lowest BCUT2D eigenvalue weighted by Crippen LogP contribution is -2.34. The lowest BCUT2D eigenvalue weighted by molar-refractivity contribution is -0.114. The summed E-state index contributed by atoms with van der Waals surface area (Å²) in [4.78, 5) is 36.7. The van der Waals surface area contributed by atoms with Crippen LogP contribution in [0.2, 0.25) is 0 Å². The number of hydrogen-bond acceptors (Lipinski definition) is 4. The van der Waals surface area contributed by atoms with Crippen LogP contribution in [-0.2, 0) is 4.79 Å². The van der Waals surface area contributed by atoms with Gasteiger partial charge in [-0.05, 0) is 40.2 Å². The van der Waals surface area contributed by atoms with E-state index < -0.39 is 23.3 Å². The molecule has 0 saturated carbocycles. The highest BCUT2D eigenvalue weighted by molar-refractivity contribution is 9.10. The maximum absolute atomic E-state index is 13.6. The molecule has 1 aliphatic rings. The van der Waals surface area contributed by atoms with Crippen LogP contribution in [-0.4, -0.2) is 24.0 Å². The SMILES string of the molecule is O=C(CN1C(=O)C(=O)c2cc(Br)c(F)cc21)c1ccco1. The number of hydrogen-bond donors (Lipinski definition) is 0. The molecular weight excluding hydrogens is 345 g/mol. The molecule has 0 fully saturated rings. The number of benzene rings is 1. The molecular formula is C14H7BrFNO4. The van der Waals surface area contributed by atoms with E-state index in [0.29, 0.717) is 0 Å². The summed E-state index contributed by atoms with van der Waals surface area (Å²) in [7, 11) is 0. The van der Waals surface area contributed by atoms with E-state index in [1.165, 1.54) is 24.5 Å². The summed E-state index contributed by atoms with van der Waals surface area (Å²) in [5.74, 6) is -2.65. The fraction of sp³-hybridized carbons (Fsp3) is 0.0714. The Bertz CT molecular complexity index is 770. The van der Waals surface area contributed by atoms with Crippen LogP contribution in [0.5, 0.6) is 0 Å². The number of halogens is 2. The Labute approximate surface area is 126 Å². The molecule has 0 spiro atoms. The van der Waals surface area contributed by atoms with Crippen LogP contribution >= 0.6 is 15.9 Å². The average Bonchev–Trinajstić information content (AvgIpc) is 3.05. The Morgan fingerprint density at radius 1 is 1.33 bits per heavy atom. The fourth-order valence-corrected chi connectivity index (χ4v) is 2.45. The number of furan rings is 1. The quantitative estimate of drug-likeness (QED) is 0.629. The first-order valence-electron chi connectivity index (χ1n) is 5.91. The van der Waals surface area contributed by atoms with Crippen molar-refractivity contribution in [1.82, 2.24) is 0 Å². The molecule has 0 aliphatic carbocycles. The van der Waals surface area contributed by atoms with E-state index in [9.17, 15) is 18.8 Å². The first kappa shape index (κ1) is 13.7. The molecule has 1 amide bonds. The second kappa shape index (κ2) is 4.92. The van der Waals surface area contributed by atoms with E-state index in [1.807, 2.05) is 0 Å². The van der Waals surface area contributed by atoms with Gasteiger partial charge < -0.3 is 4.42 Å². The van der Waals surface area contributed by atoms with Gasteiger partial charge in [0.1, 0.15) is 5.82 Å². The lowest BCUT2D eigenvalue weighted by atomic mass is 10.1. The van der Waals surface area contributed by atoms with Crippen molar-refractivity contribution < 1.29 is 23.2 Å². The van der Waals surface area contributed by atoms with E-state index in [-0.39, 0.29) is 28.0 Å². The number of rotatable bonds is 3. The molecule has 0 radical (unpaired) electrons. The highest BCUT2D eigenvalue weighted by atomic mass is 79.9. The third-order valence-electron chi connectivity index (χ3n) is 3.11. The number of amides is 1. The molecule has 106 valence electrons. The van der Waals surface area contributed by atoms with Crippen LogP contribution < -0.4 is 4.90 Å². The molecule has 2 heterocycles. The van der Waals surface area contributed by atoms with Crippen LogP contribution in [0.15, 0.2) is 39.4 Å². The predicted octanol–water partition coefficient (Wildman–Crippen LogP) is 2.59. The topological polar surface area (TPSA) is 67.6 Å². The molecule has 1 aromatic carbocycles. The number of carbonyl (C=O) groups is 3. The van der Waals surface area contributed by atoms with Crippen molar-refractivity contribution in [2.75, 3.05) is 11.4 Å². The maximum Gasteiger partial charge on any atom is 0.299 e. The first-order valence-corrected chi connectivity index (χ1v) is 6.70. The minimum absolute atomic E-state index is 0.0699. The highest BCUT2D eigenvalue weighted by Gasteiger charge is 2.38. The predicted molar refractivity (Wildman–Crippen MR) is 73.8 cm³/mol. The second-order valence-corrected chi connectivity index (χ2v) is 5.26. The second-order valence-electron chi connectivity index (χ2n) is 4.40. The van der Waals surface area contributed by atoms with E-state index in [2.05, 4.69) is 15.9 Å². The summed E-state index contributed by atoms with van der Waals surface area (Å²) in [5, 5.41) is 0. The van der Waals surface area contributed by atoms with Crippen LogP contribution in [0.1, 0.15) is 20.9 Å². The van der Waals surface area contributed by atoms with Crippen molar-refractivity contribution in [1.29, 1.82) is 0 Å². The van der Waals surface area contributed by atoms with Crippen LogP contribution in [0, 0.1) is 5.82 Å². The van der Waals surface area contributed by atoms with E-state index in [0.717, 1.165) is 11.0 Å². The number of ketones is 2. The largest absolute Gasteiger partial charge is 0.461 e. The van der Waals surface area contributed by atoms with Crippen LogP contribution in [0.25, 0.3) is 0 Å². The molecule has 1 aliphatic heterocycles. The zero-order valence-electron chi connectivity index (χ0n) is 10.4. The van der Waals surface area contributed by atoms with Crippen molar-refractivity contribution >= 4 is 39.1 Å². The van der Waals surface area contributed by atoms with Gasteiger partial charge in [-0.15, -0.1) is 0 Å². The molecule has 1 aromatic heterocycles. The van der Waals surface area contributed by atoms with Crippen LogP contribution in [0.4, 0.5) is 10.1 Å². The van der Waals surface area contributed by atoms with Gasteiger partial charge in [0.25, 0.3) is 11.7 Å². The van der Waals surface area contributed by atoms with Gasteiger partial charge in [-0.1, -0.05) is 0 Å². The molecule has 0 saturated heterocycles. The lowest BCUT2D eigenvalue weighted by Gasteiger charge is -2.15. The standard InChI is InChI=1S/C14H7BrFNO4/c15-8-4-7-10(5-9(8)16)17(14(20)13(7)19)6-11(18)12-2-1-3-21-12/h1-5H,6H2. The van der Waals surface area contributed by atoms with Crippen molar-refractivity contribution in [3.63, 3.8) is 0 Å². The summed E-state index contributed by atoms with van der Waals surface area (Å²) in [6.07, 6.45) is 1.33. The molecule has 2 aromatic rings. The number of nitrogens with zero attached hydrogens (tertiary/aromatic N) is 1. The monoisotopic (exact) mass is 351 g/mol. The van der Waals surface area contributed by atoms with Gasteiger partial charge in [-0.3, -0.25) is 19.3 Å². The van der Waals surface area contributed by atoms with E-state index in [1.54, 1.807) is 0 Å². The van der Waals surface area contributed by atoms with Gasteiger partial charge in [0, 0.05) is 0 Å². The van der Waals surface area contributed by atoms with Crippen LogP contribution in [0.3, 0.4) is 0 Å². The minimum atomic E-state index is -0.859. The molecule has 0 bridgehead atoms. The van der Waals surface area contributed by atoms with Crippen molar-refractivity contribution in [2.45, 2.75) is 0 Å². The number of carbonyl (C=O) groups excluding carboxylic acids is 3. The summed E-state index contributed by atoms with van der Waals surface area (Å²) < 4.78 is 18.6. The third-order valence-corrected chi connectivity index (χ3v) is 3.72. The summed E-state index contributed by atoms with van der Waals surface area (Å²) in [6.45, 7) is -0.383. The highest BCUT2D eigenvalue weighted by Crippen LogP contribution is 2.33. The molecule has 3 rings (SSSR count). The van der Waals surface area contributed by atoms with Gasteiger partial charge in [-0.25, -0.2) is 4.39 Å². The third kappa shape index (κ3) is 2.19. The maximum atomic E-state index is 13.6. The minimum Gasteiger partial charge on any atom is -0.461 e. The molecule has 5 nitrogen and oxygen atoms in total. The smallest absolute Gasteiger partial charge is 0.299 e. The van der Waals surface area contributed by atoms with Gasteiger partial charge in [0.05, 0.1) is 28.5 Å². The number of fused-ring (bicyclic) bond motifs is 1. The number of Topliss-reactive ketones (excluding diaryl/α,β-unsaturated/α-hetero) is 2. The van der Waals surface area contributed by atoms with Crippen molar-refractivity contribution in [2.24, 2.45) is 0 Å². The van der Waals surface area contributed by atoms with Crippen molar-refractivity contribution in [3.8, 4) is 0 Å². The zero-order valence-corrected chi connectivity index (χ0v) is 12.0. The Balaban J connectivity index is 1.98. The normalized spacial score (nSPS) is 13.7. The Hall–Kier alpha value is -2.28. The van der Waals surface area contributed by atoms with E-state index in [4.69, 9.17) is 4.42 Å². The Kier molecular flexibility index (Phi) is 3.21. The first-order chi connectivity index (χ1) is 9.99. The summed E-state index contributed by atoms with van der Waals surface area (Å²) in [5.41, 5.74) is 0.158. The van der Waals surface area contributed by atoms with Gasteiger partial charge in [0.2, 0.25) is 5.78 Å². The molecule has 0 unspecified atom stereocenters. The van der Waals surface area contributed by atoms with Crippen molar-refractivity contribution in [3.05, 3.63) is 52.1 Å². The average molecular weight is 352 g/mol. The molecule has 0 N–H and O–H groups in total. The summed E-state index contributed by atoms with van der Waals surface area (Å²) in [6, 6.07) is 5.28. The Morgan fingerprint density at radius 2 is 2.10 bits per heavy atom. The summed E-state index contributed by atoms with van der Waals surface area (Å²) >= 11 is 2.96. The van der Waals surface area contributed by atoms with Gasteiger partial charge >= 0.3 is 0 Å². The molecule has 7 heteroatoms. The van der Waals surface area contributed by atoms with Gasteiger partial charge in [0.15, 0.2) is 5.76 Å². The van der Waals surface area contributed by atoms with Gasteiger partial charge in [-0.2, -0.15) is 0 Å². The van der Waals surface area contributed by atoms with E-state index >= 15 is 0 Å².